The van der Waals surface area contributed by atoms with Crippen LogP contribution in [0.15, 0.2) is 54.9 Å². The van der Waals surface area contributed by atoms with Gasteiger partial charge in [-0.05, 0) is 23.8 Å². The van der Waals surface area contributed by atoms with Crippen LogP contribution in [0, 0.1) is 0 Å². The van der Waals surface area contributed by atoms with Crippen molar-refractivity contribution >= 4 is 11.9 Å². The number of carbonyl (C=O) groups excluding carboxylic acids is 1. The van der Waals surface area contributed by atoms with Crippen molar-refractivity contribution in [3.63, 3.8) is 0 Å². The first-order chi connectivity index (χ1) is 14.6. The number of pyridine rings is 1. The van der Waals surface area contributed by atoms with Crippen LogP contribution < -0.4 is 10.1 Å². The Morgan fingerprint density at radius 1 is 1.10 bits per heavy atom. The lowest BCUT2D eigenvalue weighted by Crippen LogP contribution is -2.46. The normalized spacial score (nSPS) is 13.8. The number of rotatable bonds is 6. The number of ether oxygens (including phenoxy) is 1. The summed E-state index contributed by atoms with van der Waals surface area (Å²) in [5.41, 5.74) is 0.775. The van der Waals surface area contributed by atoms with Crippen LogP contribution in [0.3, 0.4) is 0 Å². The Balaban J connectivity index is 1.49. The summed E-state index contributed by atoms with van der Waals surface area (Å²) in [6.45, 7) is 2.80. The molecule has 1 aliphatic rings. The zero-order valence-corrected chi connectivity index (χ0v) is 16.2. The fourth-order valence-electron chi connectivity index (χ4n) is 3.23. The first-order valence-corrected chi connectivity index (χ1v) is 9.59. The quantitative estimate of drug-likeness (QED) is 0.642. The predicted molar refractivity (Wildman–Crippen MR) is 108 cm³/mol. The van der Waals surface area contributed by atoms with Crippen LogP contribution in [-0.4, -0.2) is 62.8 Å². The van der Waals surface area contributed by atoms with Gasteiger partial charge in [0.05, 0.1) is 12.1 Å². The van der Waals surface area contributed by atoms with Gasteiger partial charge >= 0.3 is 5.97 Å². The van der Waals surface area contributed by atoms with Gasteiger partial charge in [0, 0.05) is 44.6 Å². The molecule has 1 saturated heterocycles. The van der Waals surface area contributed by atoms with Crippen LogP contribution in [0.25, 0.3) is 0 Å². The van der Waals surface area contributed by atoms with Gasteiger partial charge in [0.2, 0.25) is 5.88 Å². The Hall–Kier alpha value is -3.72. The first-order valence-electron chi connectivity index (χ1n) is 9.59. The van der Waals surface area contributed by atoms with Gasteiger partial charge in [-0.3, -0.25) is 9.48 Å². The molecule has 0 atom stereocenters. The molecule has 1 amide bonds. The monoisotopic (exact) mass is 407 g/mol. The summed E-state index contributed by atoms with van der Waals surface area (Å²) in [5.74, 6) is -0.385. The van der Waals surface area contributed by atoms with Crippen LogP contribution >= 0.6 is 0 Å². The molecule has 0 bridgehead atoms. The third kappa shape index (κ3) is 4.47. The van der Waals surface area contributed by atoms with Gasteiger partial charge in [0.1, 0.15) is 5.75 Å². The molecule has 0 radical (unpaired) electrons. The average molecular weight is 407 g/mol. The molecule has 3 heterocycles. The molecule has 0 saturated carbocycles. The lowest BCUT2D eigenvalue weighted by atomic mass is 10.2. The second kappa shape index (κ2) is 8.75. The number of hydrogen-bond acceptors (Lipinski definition) is 6. The number of hydrogen-bond donors (Lipinski definition) is 2. The SMILES string of the molecule is O=C(O)c1nn(Cc2ccc(Oc3ccccn3)cc2)cc1C(=O)N1CCNCC1. The lowest BCUT2D eigenvalue weighted by molar-refractivity contribution is 0.0665. The third-order valence-corrected chi connectivity index (χ3v) is 4.73. The molecule has 1 aromatic carbocycles. The molecule has 0 spiro atoms. The highest BCUT2D eigenvalue weighted by Gasteiger charge is 2.26. The third-order valence-electron chi connectivity index (χ3n) is 4.73. The highest BCUT2D eigenvalue weighted by molar-refractivity contribution is 6.03. The molecule has 1 fully saturated rings. The summed E-state index contributed by atoms with van der Waals surface area (Å²) in [4.78, 5) is 30.1. The highest BCUT2D eigenvalue weighted by Crippen LogP contribution is 2.20. The number of carboxylic acid groups (broad SMARTS) is 1. The number of piperazine rings is 1. The maximum absolute atomic E-state index is 12.8. The minimum Gasteiger partial charge on any atom is -0.476 e. The van der Waals surface area contributed by atoms with Crippen LogP contribution in [0.2, 0.25) is 0 Å². The van der Waals surface area contributed by atoms with E-state index in [4.69, 9.17) is 4.74 Å². The number of aromatic nitrogens is 3. The van der Waals surface area contributed by atoms with Crippen molar-refractivity contribution in [1.82, 2.24) is 25.0 Å². The standard InChI is InChI=1S/C21H21N5O4/c27-20(25-11-9-22-10-12-25)17-14-26(24-19(17)21(28)29)13-15-4-6-16(7-5-15)30-18-3-1-2-8-23-18/h1-8,14,22H,9-13H2,(H,28,29). The molecule has 1 aliphatic heterocycles. The van der Waals surface area contributed by atoms with Crippen molar-refractivity contribution in [3.8, 4) is 11.6 Å². The molecule has 154 valence electrons. The molecule has 2 N–H and O–H groups in total. The fourth-order valence-corrected chi connectivity index (χ4v) is 3.23. The largest absolute Gasteiger partial charge is 0.476 e. The lowest BCUT2D eigenvalue weighted by Gasteiger charge is -2.27. The average Bonchev–Trinajstić information content (AvgIpc) is 3.20. The molecule has 0 unspecified atom stereocenters. The Bertz CT molecular complexity index is 1030. The summed E-state index contributed by atoms with van der Waals surface area (Å²) >= 11 is 0. The summed E-state index contributed by atoms with van der Waals surface area (Å²) in [7, 11) is 0. The molecule has 0 aliphatic carbocycles. The van der Waals surface area contributed by atoms with Crippen molar-refractivity contribution in [2.75, 3.05) is 26.2 Å². The van der Waals surface area contributed by atoms with E-state index in [0.29, 0.717) is 44.4 Å². The number of benzene rings is 1. The Labute approximate surface area is 172 Å². The van der Waals surface area contributed by atoms with Gasteiger partial charge in [-0.1, -0.05) is 18.2 Å². The first kappa shape index (κ1) is 19.6. The van der Waals surface area contributed by atoms with Gasteiger partial charge in [0.25, 0.3) is 5.91 Å². The number of amides is 1. The van der Waals surface area contributed by atoms with Crippen LogP contribution in [0.4, 0.5) is 0 Å². The van der Waals surface area contributed by atoms with Crippen molar-refractivity contribution in [1.29, 1.82) is 0 Å². The Morgan fingerprint density at radius 3 is 2.53 bits per heavy atom. The van der Waals surface area contributed by atoms with E-state index in [2.05, 4.69) is 15.4 Å². The van der Waals surface area contributed by atoms with Crippen molar-refractivity contribution in [2.45, 2.75) is 6.54 Å². The van der Waals surface area contributed by atoms with E-state index < -0.39 is 5.97 Å². The molecule has 30 heavy (non-hydrogen) atoms. The Morgan fingerprint density at radius 2 is 1.87 bits per heavy atom. The zero-order chi connectivity index (χ0) is 20.9. The molecular formula is C21H21N5O4. The Kier molecular flexibility index (Phi) is 5.71. The van der Waals surface area contributed by atoms with E-state index in [1.807, 2.05) is 24.3 Å². The van der Waals surface area contributed by atoms with Gasteiger partial charge in [-0.2, -0.15) is 5.10 Å². The molecule has 9 nitrogen and oxygen atoms in total. The van der Waals surface area contributed by atoms with Crippen LogP contribution in [0.5, 0.6) is 11.6 Å². The number of aromatic carboxylic acids is 1. The minimum atomic E-state index is -1.22. The number of nitrogens with zero attached hydrogens (tertiary/aromatic N) is 4. The summed E-state index contributed by atoms with van der Waals surface area (Å²) < 4.78 is 7.15. The van der Waals surface area contributed by atoms with Gasteiger partial charge in [-0.25, -0.2) is 9.78 Å². The molecule has 2 aromatic heterocycles. The second-order valence-corrected chi connectivity index (χ2v) is 6.85. The summed E-state index contributed by atoms with van der Waals surface area (Å²) in [6.07, 6.45) is 3.16. The molecule has 9 heteroatoms. The fraction of sp³-hybridized carbons (Fsp3) is 0.238. The van der Waals surface area contributed by atoms with Crippen molar-refractivity contribution < 1.29 is 19.4 Å². The maximum Gasteiger partial charge on any atom is 0.357 e. The van der Waals surface area contributed by atoms with Crippen molar-refractivity contribution in [2.24, 2.45) is 0 Å². The van der Waals surface area contributed by atoms with Gasteiger partial charge in [-0.15, -0.1) is 0 Å². The van der Waals surface area contributed by atoms with Crippen molar-refractivity contribution in [3.05, 3.63) is 71.7 Å². The van der Waals surface area contributed by atoms with Gasteiger partial charge < -0.3 is 20.1 Å². The van der Waals surface area contributed by atoms with E-state index >= 15 is 0 Å². The van der Waals surface area contributed by atoms with E-state index in [-0.39, 0.29) is 17.2 Å². The highest BCUT2D eigenvalue weighted by atomic mass is 16.5. The number of carbonyl (C=O) groups is 2. The summed E-state index contributed by atoms with van der Waals surface area (Å²) in [5, 5.41) is 16.8. The van der Waals surface area contributed by atoms with E-state index in [1.54, 1.807) is 29.3 Å². The summed E-state index contributed by atoms with van der Waals surface area (Å²) in [6, 6.07) is 12.7. The molecular weight excluding hydrogens is 386 g/mol. The molecule has 3 aromatic rings. The van der Waals surface area contributed by atoms with Gasteiger partial charge in [0.15, 0.2) is 5.69 Å². The zero-order valence-electron chi connectivity index (χ0n) is 16.2. The minimum absolute atomic E-state index is 0.111. The topological polar surface area (TPSA) is 110 Å². The molecule has 4 rings (SSSR count). The predicted octanol–water partition coefficient (Wildman–Crippen LogP) is 1.86. The van der Waals surface area contributed by atoms with Crippen LogP contribution in [-0.2, 0) is 6.54 Å². The second-order valence-electron chi connectivity index (χ2n) is 6.85. The smallest absolute Gasteiger partial charge is 0.357 e. The van der Waals surface area contributed by atoms with E-state index in [9.17, 15) is 14.7 Å². The van der Waals surface area contributed by atoms with Crippen LogP contribution in [0.1, 0.15) is 26.4 Å². The van der Waals surface area contributed by atoms with E-state index in [1.165, 1.54) is 10.9 Å². The number of nitrogens with one attached hydrogen (secondary N) is 1. The van der Waals surface area contributed by atoms with E-state index in [0.717, 1.165) is 5.56 Å². The number of carboxylic acids is 1. The maximum atomic E-state index is 12.8.